The first-order chi connectivity index (χ1) is 16.0. The van der Waals surface area contributed by atoms with Gasteiger partial charge in [-0.2, -0.15) is 13.2 Å². The number of allylic oxidation sites excluding steroid dienone is 3. The average Bonchev–Trinajstić information content (AvgIpc) is 3.14. The molecule has 1 aliphatic carbocycles. The van der Waals surface area contributed by atoms with Crippen LogP contribution in [0.25, 0.3) is 0 Å². The van der Waals surface area contributed by atoms with Crippen molar-refractivity contribution in [1.29, 1.82) is 0 Å². The van der Waals surface area contributed by atoms with E-state index >= 15 is 0 Å². The number of hydrogen-bond donors (Lipinski definition) is 2. The zero-order chi connectivity index (χ0) is 24.8. The average molecular weight is 527 g/mol. The fraction of sp³-hybridized carbons (Fsp3) is 0.333. The molecule has 2 aromatic rings. The number of rotatable bonds is 4. The molecule has 180 valence electrons. The number of carbonyl (C=O) groups is 2. The Morgan fingerprint density at radius 3 is 2.65 bits per heavy atom. The highest BCUT2D eigenvalue weighted by Gasteiger charge is 2.40. The van der Waals surface area contributed by atoms with E-state index in [2.05, 4.69) is 10.6 Å². The van der Waals surface area contributed by atoms with E-state index in [1.807, 2.05) is 19.2 Å². The molecule has 1 aliphatic heterocycles. The van der Waals surface area contributed by atoms with Gasteiger partial charge >= 0.3 is 6.18 Å². The van der Waals surface area contributed by atoms with Gasteiger partial charge in [-0.15, -0.1) is 23.1 Å². The van der Waals surface area contributed by atoms with E-state index in [0.29, 0.717) is 29.7 Å². The molecule has 0 fully saturated rings. The molecule has 34 heavy (non-hydrogen) atoms. The minimum Gasteiger partial charge on any atom is -0.362 e. The molecule has 1 atom stereocenters. The van der Waals surface area contributed by atoms with Crippen LogP contribution >= 0.6 is 34.7 Å². The Morgan fingerprint density at radius 2 is 1.97 bits per heavy atom. The number of aryl methyl sites for hydroxylation is 1. The smallest absolute Gasteiger partial charge is 0.362 e. The largest absolute Gasteiger partial charge is 0.416 e. The zero-order valence-electron chi connectivity index (χ0n) is 18.7. The number of halogens is 4. The molecule has 1 amide bonds. The third kappa shape index (κ3) is 4.65. The second-order valence-electron chi connectivity index (χ2n) is 8.22. The highest BCUT2D eigenvalue weighted by atomic mass is 35.5. The number of dihydropyridines is 1. The van der Waals surface area contributed by atoms with Gasteiger partial charge in [-0.3, -0.25) is 9.59 Å². The second-order valence-corrected chi connectivity index (χ2v) is 11.0. The number of Topliss-reactive ketones (excluding diaryl/α,β-unsaturated/α-hetero) is 1. The van der Waals surface area contributed by atoms with Crippen LogP contribution < -0.4 is 10.6 Å². The van der Waals surface area contributed by atoms with Gasteiger partial charge in [0.05, 0.1) is 20.5 Å². The number of hydrogen-bond acceptors (Lipinski definition) is 5. The van der Waals surface area contributed by atoms with E-state index in [9.17, 15) is 22.8 Å². The summed E-state index contributed by atoms with van der Waals surface area (Å²) in [6, 6.07) is 4.78. The van der Waals surface area contributed by atoms with Crippen molar-refractivity contribution in [2.45, 2.75) is 49.4 Å². The van der Waals surface area contributed by atoms with Crippen molar-refractivity contribution in [2.24, 2.45) is 0 Å². The zero-order valence-corrected chi connectivity index (χ0v) is 21.0. The van der Waals surface area contributed by atoms with Crippen LogP contribution in [0.1, 0.15) is 48.1 Å². The first kappa shape index (κ1) is 24.9. The summed E-state index contributed by atoms with van der Waals surface area (Å²) in [7, 11) is 0. The molecule has 2 aliphatic rings. The van der Waals surface area contributed by atoms with Crippen LogP contribution in [0.5, 0.6) is 0 Å². The van der Waals surface area contributed by atoms with Crippen molar-refractivity contribution in [1.82, 2.24) is 5.32 Å². The molecule has 0 saturated heterocycles. The lowest BCUT2D eigenvalue weighted by atomic mass is 9.75. The van der Waals surface area contributed by atoms with Crippen LogP contribution in [-0.4, -0.2) is 17.9 Å². The van der Waals surface area contributed by atoms with Crippen LogP contribution in [0.4, 0.5) is 18.9 Å². The normalized spacial score (nSPS) is 18.7. The van der Waals surface area contributed by atoms with Crippen molar-refractivity contribution < 1.29 is 22.8 Å². The Kier molecular flexibility index (Phi) is 6.90. The third-order valence-electron chi connectivity index (χ3n) is 5.91. The SMILES string of the molecule is CSc1sc(C)cc1[C@H]1C(C(=O)Nc2cc(C(F)(F)F)ccc2Cl)=C(C)NC2=C1C(=O)CCC2. The molecule has 10 heteroatoms. The van der Waals surface area contributed by atoms with Crippen molar-refractivity contribution in [3.05, 3.63) is 67.8 Å². The van der Waals surface area contributed by atoms with Crippen LogP contribution in [0, 0.1) is 6.92 Å². The molecular formula is C24H22ClF3N2O2S2. The van der Waals surface area contributed by atoms with Gasteiger partial charge in [0, 0.05) is 39.8 Å². The van der Waals surface area contributed by atoms with E-state index < -0.39 is 23.6 Å². The minimum atomic E-state index is -4.58. The Labute approximate surface area is 208 Å². The van der Waals surface area contributed by atoms with Crippen LogP contribution in [-0.2, 0) is 15.8 Å². The summed E-state index contributed by atoms with van der Waals surface area (Å²) >= 11 is 9.25. The number of nitrogens with one attached hydrogen (secondary N) is 2. The quantitative estimate of drug-likeness (QED) is 0.419. The summed E-state index contributed by atoms with van der Waals surface area (Å²) in [6.07, 6.45) is -0.830. The lowest BCUT2D eigenvalue weighted by Crippen LogP contribution is -2.35. The van der Waals surface area contributed by atoms with Gasteiger partial charge in [0.15, 0.2) is 5.78 Å². The Morgan fingerprint density at radius 1 is 1.24 bits per heavy atom. The summed E-state index contributed by atoms with van der Waals surface area (Å²) < 4.78 is 40.7. The number of carbonyl (C=O) groups excluding carboxylic acids is 2. The number of amides is 1. The first-order valence-electron chi connectivity index (χ1n) is 10.6. The lowest BCUT2D eigenvalue weighted by Gasteiger charge is -2.34. The van der Waals surface area contributed by atoms with E-state index in [1.54, 1.807) is 30.0 Å². The maximum absolute atomic E-state index is 13.6. The Balaban J connectivity index is 1.81. The van der Waals surface area contributed by atoms with Crippen LogP contribution in [0.15, 0.2) is 51.0 Å². The van der Waals surface area contributed by atoms with Gasteiger partial charge < -0.3 is 10.6 Å². The summed E-state index contributed by atoms with van der Waals surface area (Å²) in [5.41, 5.74) is 2.04. The van der Waals surface area contributed by atoms with Gasteiger partial charge in [0.2, 0.25) is 0 Å². The number of thioether (sulfide) groups is 1. The minimum absolute atomic E-state index is 0.00949. The second kappa shape index (κ2) is 9.43. The van der Waals surface area contributed by atoms with Crippen molar-refractivity contribution >= 4 is 52.1 Å². The molecule has 1 aromatic heterocycles. The first-order valence-corrected chi connectivity index (χ1v) is 13.0. The van der Waals surface area contributed by atoms with Gasteiger partial charge in [0.25, 0.3) is 5.91 Å². The van der Waals surface area contributed by atoms with Crippen molar-refractivity contribution in [2.75, 3.05) is 11.6 Å². The van der Waals surface area contributed by atoms with Crippen LogP contribution in [0.2, 0.25) is 5.02 Å². The maximum Gasteiger partial charge on any atom is 0.416 e. The fourth-order valence-electron chi connectivity index (χ4n) is 4.46. The number of benzene rings is 1. The van der Waals surface area contributed by atoms with Gasteiger partial charge in [-0.25, -0.2) is 0 Å². The summed E-state index contributed by atoms with van der Waals surface area (Å²) in [4.78, 5) is 27.7. The highest BCUT2D eigenvalue weighted by molar-refractivity contribution is 8.00. The van der Waals surface area contributed by atoms with Crippen LogP contribution in [0.3, 0.4) is 0 Å². The number of ketones is 1. The van der Waals surface area contributed by atoms with Crippen molar-refractivity contribution in [3.8, 4) is 0 Å². The Hall–Kier alpha value is -2.23. The molecule has 0 unspecified atom stereocenters. The summed E-state index contributed by atoms with van der Waals surface area (Å²) in [6.45, 7) is 3.71. The molecule has 0 spiro atoms. The van der Waals surface area contributed by atoms with Gasteiger partial charge in [-0.05, 0) is 62.8 Å². The van der Waals surface area contributed by atoms with Gasteiger partial charge in [0.1, 0.15) is 0 Å². The molecule has 0 bridgehead atoms. The fourth-order valence-corrected chi connectivity index (χ4v) is 6.53. The molecule has 2 heterocycles. The highest BCUT2D eigenvalue weighted by Crippen LogP contribution is 2.47. The molecule has 0 radical (unpaired) electrons. The van der Waals surface area contributed by atoms with E-state index in [4.69, 9.17) is 11.6 Å². The molecular weight excluding hydrogens is 505 g/mol. The van der Waals surface area contributed by atoms with E-state index in [1.165, 1.54) is 0 Å². The van der Waals surface area contributed by atoms with Crippen molar-refractivity contribution in [3.63, 3.8) is 0 Å². The number of anilines is 1. The molecule has 1 aromatic carbocycles. The maximum atomic E-state index is 13.6. The molecule has 4 nitrogen and oxygen atoms in total. The van der Waals surface area contributed by atoms with Gasteiger partial charge in [-0.1, -0.05) is 11.6 Å². The predicted octanol–water partition coefficient (Wildman–Crippen LogP) is 7.06. The standard InChI is InChI=1S/C24H22ClF3N2O2S2/c1-11-9-14(23(33-3)34-11)20-19(12(2)29-16-5-4-6-18(31)21(16)20)22(32)30-17-10-13(24(26,27)28)7-8-15(17)25/h7-10,20,29H,4-6H2,1-3H3,(H,30,32)/t20-/m0/s1. The topological polar surface area (TPSA) is 58.2 Å². The summed E-state index contributed by atoms with van der Waals surface area (Å²) in [5, 5.41) is 5.78. The summed E-state index contributed by atoms with van der Waals surface area (Å²) in [5.74, 6) is -1.23. The molecule has 0 saturated carbocycles. The van der Waals surface area contributed by atoms with E-state index in [0.717, 1.165) is 45.0 Å². The lowest BCUT2D eigenvalue weighted by molar-refractivity contribution is -0.137. The Bertz CT molecular complexity index is 1250. The van der Waals surface area contributed by atoms with E-state index in [-0.39, 0.29) is 16.5 Å². The number of thiophene rings is 1. The molecule has 2 N–H and O–H groups in total. The number of alkyl halides is 3. The predicted molar refractivity (Wildman–Crippen MR) is 130 cm³/mol. The monoisotopic (exact) mass is 526 g/mol. The third-order valence-corrected chi connectivity index (χ3v) is 8.45. The molecule has 4 rings (SSSR count).